The number of likely N-dealkylation sites (N-methyl/N-ethyl adjacent to an activating group) is 1. The molecule has 34 heavy (non-hydrogen) atoms. The summed E-state index contributed by atoms with van der Waals surface area (Å²) in [4.78, 5) is 50.1. The molecule has 3 amide bonds. The smallest absolute Gasteiger partial charge is 0.328 e. The third kappa shape index (κ3) is 6.06. The van der Waals surface area contributed by atoms with Gasteiger partial charge in [0.1, 0.15) is 29.2 Å². The molecule has 3 rings (SSSR count). The van der Waals surface area contributed by atoms with Gasteiger partial charge in [0.15, 0.2) is 6.29 Å². The lowest BCUT2D eigenvalue weighted by atomic mass is 10.1. The van der Waals surface area contributed by atoms with Gasteiger partial charge >= 0.3 is 6.03 Å². The minimum absolute atomic E-state index is 0.00602. The molecule has 0 spiro atoms. The number of nitrogens with one attached hydrogen (secondary N) is 1. The topological polar surface area (TPSA) is 128 Å². The van der Waals surface area contributed by atoms with Crippen molar-refractivity contribution >= 4 is 29.9 Å². The van der Waals surface area contributed by atoms with Crippen LogP contribution in [-0.4, -0.2) is 89.5 Å². The number of nitrogens with zero attached hydrogens (tertiary/aromatic N) is 5. The van der Waals surface area contributed by atoms with E-state index >= 15 is 0 Å². The van der Waals surface area contributed by atoms with Gasteiger partial charge in [-0.25, -0.2) is 14.8 Å². The summed E-state index contributed by atoms with van der Waals surface area (Å²) < 4.78 is 5.64. The van der Waals surface area contributed by atoms with Crippen LogP contribution in [0.25, 0.3) is 0 Å². The highest BCUT2D eigenvalue weighted by atomic mass is 16.5. The summed E-state index contributed by atoms with van der Waals surface area (Å²) in [7, 11) is 3.41. The Hall–Kier alpha value is -3.57. The first-order valence-corrected chi connectivity index (χ1v) is 10.9. The van der Waals surface area contributed by atoms with Gasteiger partial charge < -0.3 is 14.7 Å². The average molecular weight is 471 g/mol. The first kappa shape index (κ1) is 25.1. The largest absolute Gasteiger partial charge is 0.488 e. The minimum atomic E-state index is -0.510. The van der Waals surface area contributed by atoms with E-state index < -0.39 is 12.1 Å². The number of piperazine rings is 1. The Morgan fingerprint density at radius 2 is 2.15 bits per heavy atom. The molecule has 1 atom stereocenters. The maximum absolute atomic E-state index is 12.8. The molecule has 182 valence electrons. The molecule has 0 saturated carbocycles. The van der Waals surface area contributed by atoms with Crippen molar-refractivity contribution in [3.63, 3.8) is 0 Å². The SMILES string of the molecule is Cc1cnc(NC(=O)N(C)c2ccc(CN3CCN(C)CC3=O)c(C=O)n2)cc1O[C@H](C)CO. The van der Waals surface area contributed by atoms with E-state index in [1.807, 2.05) is 18.9 Å². The number of hydrogen-bond acceptors (Lipinski definition) is 8. The van der Waals surface area contributed by atoms with E-state index in [0.29, 0.717) is 30.7 Å². The third-order valence-corrected chi connectivity index (χ3v) is 5.50. The lowest BCUT2D eigenvalue weighted by molar-refractivity contribution is -0.136. The Balaban J connectivity index is 1.71. The molecule has 0 bridgehead atoms. The minimum Gasteiger partial charge on any atom is -0.488 e. The highest BCUT2D eigenvalue weighted by molar-refractivity contribution is 6.00. The van der Waals surface area contributed by atoms with Crippen LogP contribution in [0.1, 0.15) is 28.5 Å². The number of aliphatic hydroxyl groups excluding tert-OH is 1. The van der Waals surface area contributed by atoms with Crippen molar-refractivity contribution in [1.29, 1.82) is 0 Å². The number of aryl methyl sites for hydroxylation is 1. The number of aldehydes is 1. The molecule has 2 N–H and O–H groups in total. The molecule has 1 saturated heterocycles. The van der Waals surface area contributed by atoms with Crippen LogP contribution in [0.3, 0.4) is 0 Å². The van der Waals surface area contributed by atoms with Gasteiger partial charge in [0.25, 0.3) is 0 Å². The van der Waals surface area contributed by atoms with Gasteiger partial charge in [-0.1, -0.05) is 6.07 Å². The molecule has 0 aromatic carbocycles. The van der Waals surface area contributed by atoms with Crippen LogP contribution in [-0.2, 0) is 11.3 Å². The summed E-state index contributed by atoms with van der Waals surface area (Å²) in [5, 5.41) is 11.9. The maximum atomic E-state index is 12.8. The number of pyridine rings is 2. The Labute approximate surface area is 198 Å². The van der Waals surface area contributed by atoms with Crippen LogP contribution in [0.15, 0.2) is 24.4 Å². The second-order valence-corrected chi connectivity index (χ2v) is 8.32. The van der Waals surface area contributed by atoms with Crippen LogP contribution >= 0.6 is 0 Å². The van der Waals surface area contributed by atoms with Crippen LogP contribution in [0.4, 0.5) is 16.4 Å². The zero-order valence-corrected chi connectivity index (χ0v) is 19.8. The van der Waals surface area contributed by atoms with Crippen LogP contribution in [0.2, 0.25) is 0 Å². The lowest BCUT2D eigenvalue weighted by Crippen LogP contribution is -2.48. The van der Waals surface area contributed by atoms with E-state index in [2.05, 4.69) is 15.3 Å². The normalized spacial score (nSPS) is 15.1. The van der Waals surface area contributed by atoms with Crippen LogP contribution < -0.4 is 15.0 Å². The predicted octanol–water partition coefficient (Wildman–Crippen LogP) is 1.30. The molecule has 11 nitrogen and oxygen atoms in total. The van der Waals surface area contributed by atoms with Gasteiger partial charge in [-0.2, -0.15) is 0 Å². The second-order valence-electron chi connectivity index (χ2n) is 8.32. The zero-order valence-electron chi connectivity index (χ0n) is 19.8. The van der Waals surface area contributed by atoms with Crippen LogP contribution in [0.5, 0.6) is 5.75 Å². The second kappa shape index (κ2) is 11.0. The molecule has 1 aliphatic heterocycles. The monoisotopic (exact) mass is 470 g/mol. The number of carbonyl (C=O) groups excluding carboxylic acids is 3. The van der Waals surface area contributed by atoms with Gasteiger partial charge in [0, 0.05) is 50.1 Å². The summed E-state index contributed by atoms with van der Waals surface area (Å²) in [6.45, 7) is 5.35. The van der Waals surface area contributed by atoms with E-state index in [-0.39, 0.29) is 36.4 Å². The Bertz CT molecular complexity index is 1060. The fourth-order valence-corrected chi connectivity index (χ4v) is 3.37. The molecule has 11 heteroatoms. The van der Waals surface area contributed by atoms with E-state index in [1.165, 1.54) is 11.9 Å². The van der Waals surface area contributed by atoms with Gasteiger partial charge in [-0.15, -0.1) is 0 Å². The number of urea groups is 1. The van der Waals surface area contributed by atoms with Crippen molar-refractivity contribution < 1.29 is 24.2 Å². The van der Waals surface area contributed by atoms with Crippen molar-refractivity contribution in [2.75, 3.05) is 50.6 Å². The van der Waals surface area contributed by atoms with Crippen molar-refractivity contribution in [1.82, 2.24) is 19.8 Å². The summed E-state index contributed by atoms with van der Waals surface area (Å²) in [5.74, 6) is 1.03. The predicted molar refractivity (Wildman–Crippen MR) is 126 cm³/mol. The Morgan fingerprint density at radius 1 is 1.38 bits per heavy atom. The third-order valence-electron chi connectivity index (χ3n) is 5.50. The van der Waals surface area contributed by atoms with E-state index in [1.54, 1.807) is 36.2 Å². The molecular weight excluding hydrogens is 440 g/mol. The average Bonchev–Trinajstić information content (AvgIpc) is 2.82. The van der Waals surface area contributed by atoms with Crippen molar-refractivity contribution in [3.8, 4) is 5.75 Å². The van der Waals surface area contributed by atoms with Gasteiger partial charge in [0.2, 0.25) is 5.91 Å². The fourth-order valence-electron chi connectivity index (χ4n) is 3.37. The molecule has 2 aromatic heterocycles. The highest BCUT2D eigenvalue weighted by Crippen LogP contribution is 2.22. The number of aromatic nitrogens is 2. The van der Waals surface area contributed by atoms with Gasteiger partial charge in [-0.05, 0) is 27.0 Å². The lowest BCUT2D eigenvalue weighted by Gasteiger charge is -2.32. The van der Waals surface area contributed by atoms with E-state index in [9.17, 15) is 19.5 Å². The maximum Gasteiger partial charge on any atom is 0.328 e. The quantitative estimate of drug-likeness (QED) is 0.553. The standard InChI is InChI=1S/C23H30N6O5/c1-15-10-24-20(9-19(15)34-16(2)13-30)26-23(33)28(4)21-6-5-17(18(14-31)25-21)11-29-8-7-27(3)12-22(29)32/h5-6,9-10,14,16,30H,7-8,11-13H2,1-4H3,(H,24,26,33)/t16-/m1/s1. The van der Waals surface area contributed by atoms with E-state index in [0.717, 1.165) is 12.1 Å². The molecular formula is C23H30N6O5. The summed E-state index contributed by atoms with van der Waals surface area (Å²) in [6.07, 6.45) is 1.78. The first-order valence-electron chi connectivity index (χ1n) is 10.9. The summed E-state index contributed by atoms with van der Waals surface area (Å²) in [6, 6.07) is 4.40. The molecule has 2 aromatic rings. The zero-order chi connectivity index (χ0) is 24.8. The molecule has 1 fully saturated rings. The first-order chi connectivity index (χ1) is 16.2. The molecule has 0 radical (unpaired) electrons. The molecule has 0 aliphatic carbocycles. The van der Waals surface area contributed by atoms with Gasteiger partial charge in [-0.3, -0.25) is 24.7 Å². The number of rotatable bonds is 8. The number of carbonyl (C=O) groups is 3. The highest BCUT2D eigenvalue weighted by Gasteiger charge is 2.23. The van der Waals surface area contributed by atoms with Gasteiger partial charge in [0.05, 0.1) is 13.2 Å². The Morgan fingerprint density at radius 3 is 2.82 bits per heavy atom. The molecule has 1 aliphatic rings. The van der Waals surface area contributed by atoms with E-state index in [4.69, 9.17) is 4.74 Å². The van der Waals surface area contributed by atoms with Crippen molar-refractivity contribution in [3.05, 3.63) is 41.2 Å². The number of anilines is 2. The van der Waals surface area contributed by atoms with Crippen molar-refractivity contribution in [2.24, 2.45) is 0 Å². The molecule has 3 heterocycles. The van der Waals surface area contributed by atoms with Crippen LogP contribution in [0, 0.1) is 6.92 Å². The molecule has 0 unspecified atom stereocenters. The summed E-state index contributed by atoms with van der Waals surface area (Å²) in [5.41, 5.74) is 1.55. The van der Waals surface area contributed by atoms with Crippen molar-refractivity contribution in [2.45, 2.75) is 26.5 Å². The fraction of sp³-hybridized carbons (Fsp3) is 0.435. The number of ether oxygens (including phenoxy) is 1. The Kier molecular flexibility index (Phi) is 8.13. The number of aliphatic hydroxyl groups is 1. The summed E-state index contributed by atoms with van der Waals surface area (Å²) >= 11 is 0. The number of amides is 3. The number of hydrogen-bond donors (Lipinski definition) is 2.